The van der Waals surface area contributed by atoms with E-state index in [-0.39, 0.29) is 17.9 Å². The van der Waals surface area contributed by atoms with Gasteiger partial charge in [0, 0.05) is 18.7 Å². The van der Waals surface area contributed by atoms with Crippen LogP contribution in [0.15, 0.2) is 12.2 Å². The van der Waals surface area contributed by atoms with Crippen LogP contribution in [0.25, 0.3) is 0 Å². The molecular weight excluding hydrogens is 314 g/mol. The van der Waals surface area contributed by atoms with Gasteiger partial charge in [-0.25, -0.2) is 0 Å². The molecule has 2 unspecified atom stereocenters. The molecule has 0 aliphatic carbocycles. The minimum atomic E-state index is -0.991. The zero-order chi connectivity index (χ0) is 19.2. The average Bonchev–Trinajstić information content (AvgIpc) is 2.59. The molecule has 4 heteroatoms. The fourth-order valence-electron chi connectivity index (χ4n) is 3.18. The van der Waals surface area contributed by atoms with Gasteiger partial charge in [-0.05, 0) is 24.7 Å². The van der Waals surface area contributed by atoms with Crippen molar-refractivity contribution in [3.8, 4) is 0 Å². The van der Waals surface area contributed by atoms with Crippen molar-refractivity contribution in [2.45, 2.75) is 85.5 Å². The lowest BCUT2D eigenvalue weighted by Gasteiger charge is -2.31. The summed E-state index contributed by atoms with van der Waals surface area (Å²) in [4.78, 5) is 25.6. The van der Waals surface area contributed by atoms with Crippen molar-refractivity contribution >= 4 is 11.9 Å². The molecule has 0 aromatic carbocycles. The van der Waals surface area contributed by atoms with Gasteiger partial charge in [-0.1, -0.05) is 72.8 Å². The number of rotatable bonds is 15. The van der Waals surface area contributed by atoms with E-state index in [0.717, 1.165) is 51.6 Å². The van der Waals surface area contributed by atoms with Crippen LogP contribution in [0.4, 0.5) is 0 Å². The molecule has 0 aromatic rings. The van der Waals surface area contributed by atoms with Gasteiger partial charge in [0.1, 0.15) is 0 Å². The lowest BCUT2D eigenvalue weighted by Crippen LogP contribution is -2.39. The van der Waals surface area contributed by atoms with Crippen molar-refractivity contribution in [1.82, 2.24) is 4.90 Å². The SMILES string of the molecule is C=C(CC(=O)O)C(=O)N(CC(CC)CCCC)CC(CC)CCCC. The monoisotopic (exact) mass is 353 g/mol. The third-order valence-electron chi connectivity index (χ3n) is 5.00. The number of aliphatic carboxylic acids is 1. The van der Waals surface area contributed by atoms with Crippen molar-refractivity contribution in [3.63, 3.8) is 0 Å². The number of unbranched alkanes of at least 4 members (excludes halogenated alkanes) is 2. The fraction of sp³-hybridized carbons (Fsp3) is 0.810. The normalized spacial score (nSPS) is 13.3. The number of hydrogen-bond donors (Lipinski definition) is 1. The molecule has 1 amide bonds. The number of hydrogen-bond acceptors (Lipinski definition) is 2. The van der Waals surface area contributed by atoms with E-state index >= 15 is 0 Å². The van der Waals surface area contributed by atoms with Gasteiger partial charge in [-0.15, -0.1) is 0 Å². The van der Waals surface area contributed by atoms with E-state index in [1.54, 1.807) is 0 Å². The first-order valence-electron chi connectivity index (χ1n) is 10.1. The number of nitrogens with zero attached hydrogens (tertiary/aromatic N) is 1. The Balaban J connectivity index is 5.09. The molecule has 0 fully saturated rings. The molecule has 0 saturated heterocycles. The molecule has 4 nitrogen and oxygen atoms in total. The highest BCUT2D eigenvalue weighted by atomic mass is 16.4. The molecule has 0 heterocycles. The molecule has 1 N–H and O–H groups in total. The summed E-state index contributed by atoms with van der Waals surface area (Å²) < 4.78 is 0. The number of amides is 1. The van der Waals surface area contributed by atoms with Gasteiger partial charge < -0.3 is 10.0 Å². The summed E-state index contributed by atoms with van der Waals surface area (Å²) in [6, 6.07) is 0. The molecule has 25 heavy (non-hydrogen) atoms. The quantitative estimate of drug-likeness (QED) is 0.408. The molecule has 0 radical (unpaired) electrons. The van der Waals surface area contributed by atoms with Crippen LogP contribution in [0.1, 0.15) is 85.5 Å². The van der Waals surface area contributed by atoms with Crippen LogP contribution < -0.4 is 0 Å². The van der Waals surface area contributed by atoms with Crippen LogP contribution in [0.5, 0.6) is 0 Å². The van der Waals surface area contributed by atoms with Crippen LogP contribution in [0.3, 0.4) is 0 Å². The Hall–Kier alpha value is -1.32. The van der Waals surface area contributed by atoms with E-state index in [1.807, 2.05) is 4.90 Å². The number of carboxylic acids is 1. The van der Waals surface area contributed by atoms with Crippen molar-refractivity contribution in [2.24, 2.45) is 11.8 Å². The highest BCUT2D eigenvalue weighted by Crippen LogP contribution is 2.20. The van der Waals surface area contributed by atoms with Crippen molar-refractivity contribution in [2.75, 3.05) is 13.1 Å². The fourth-order valence-corrected chi connectivity index (χ4v) is 3.18. The summed E-state index contributed by atoms with van der Waals surface area (Å²) in [6.07, 6.45) is 8.71. The first-order chi connectivity index (χ1) is 11.9. The smallest absolute Gasteiger partial charge is 0.308 e. The van der Waals surface area contributed by atoms with Gasteiger partial charge in [0.15, 0.2) is 0 Å². The molecule has 0 saturated carbocycles. The molecule has 0 bridgehead atoms. The highest BCUT2D eigenvalue weighted by molar-refractivity contribution is 5.96. The van der Waals surface area contributed by atoms with Gasteiger partial charge in [-0.3, -0.25) is 9.59 Å². The lowest BCUT2D eigenvalue weighted by molar-refractivity contribution is -0.138. The number of carbonyl (C=O) groups is 2. The van der Waals surface area contributed by atoms with Crippen LogP contribution in [0, 0.1) is 11.8 Å². The summed E-state index contributed by atoms with van der Waals surface area (Å²) in [5.41, 5.74) is 0.197. The molecule has 0 aromatic heterocycles. The predicted molar refractivity (Wildman–Crippen MR) is 105 cm³/mol. The molecular formula is C21H39NO3. The van der Waals surface area contributed by atoms with E-state index in [0.29, 0.717) is 11.8 Å². The lowest BCUT2D eigenvalue weighted by atomic mass is 9.95. The molecule has 0 aliphatic rings. The molecule has 0 spiro atoms. The van der Waals surface area contributed by atoms with Gasteiger partial charge in [-0.2, -0.15) is 0 Å². The summed E-state index contributed by atoms with van der Waals surface area (Å²) in [5, 5.41) is 8.97. The predicted octanol–water partition coefficient (Wildman–Crippen LogP) is 5.28. The second-order valence-electron chi connectivity index (χ2n) is 7.22. The zero-order valence-corrected chi connectivity index (χ0v) is 16.9. The van der Waals surface area contributed by atoms with E-state index in [9.17, 15) is 9.59 Å². The Morgan fingerprint density at radius 2 is 1.36 bits per heavy atom. The van der Waals surface area contributed by atoms with E-state index in [4.69, 9.17) is 5.11 Å². The topological polar surface area (TPSA) is 57.6 Å². The molecule has 2 atom stereocenters. The maximum Gasteiger partial charge on any atom is 0.308 e. The molecule has 146 valence electrons. The van der Waals surface area contributed by atoms with Gasteiger partial charge in [0.25, 0.3) is 0 Å². The zero-order valence-electron chi connectivity index (χ0n) is 16.9. The summed E-state index contributed by atoms with van der Waals surface area (Å²) >= 11 is 0. The van der Waals surface area contributed by atoms with Gasteiger partial charge in [0.2, 0.25) is 5.91 Å². The van der Waals surface area contributed by atoms with Crippen LogP contribution in [-0.2, 0) is 9.59 Å². The average molecular weight is 354 g/mol. The maximum atomic E-state index is 12.8. The number of carboxylic acid groups (broad SMARTS) is 1. The van der Waals surface area contributed by atoms with Crippen molar-refractivity contribution < 1.29 is 14.7 Å². The Bertz CT molecular complexity index is 388. The minimum Gasteiger partial charge on any atom is -0.481 e. The van der Waals surface area contributed by atoms with Crippen LogP contribution >= 0.6 is 0 Å². The van der Waals surface area contributed by atoms with Gasteiger partial charge in [0.05, 0.1) is 6.42 Å². The largest absolute Gasteiger partial charge is 0.481 e. The van der Waals surface area contributed by atoms with E-state index in [2.05, 4.69) is 34.3 Å². The summed E-state index contributed by atoms with van der Waals surface area (Å²) in [7, 11) is 0. The van der Waals surface area contributed by atoms with Crippen LogP contribution in [0.2, 0.25) is 0 Å². The van der Waals surface area contributed by atoms with E-state index in [1.165, 1.54) is 12.8 Å². The van der Waals surface area contributed by atoms with Crippen molar-refractivity contribution in [3.05, 3.63) is 12.2 Å². The molecule has 0 rings (SSSR count). The Morgan fingerprint density at radius 1 is 0.920 bits per heavy atom. The van der Waals surface area contributed by atoms with Gasteiger partial charge >= 0.3 is 5.97 Å². The summed E-state index contributed by atoms with van der Waals surface area (Å²) in [6.45, 7) is 13.9. The van der Waals surface area contributed by atoms with Crippen LogP contribution in [-0.4, -0.2) is 35.0 Å². The third kappa shape index (κ3) is 10.3. The molecule has 0 aliphatic heterocycles. The van der Waals surface area contributed by atoms with Crippen molar-refractivity contribution in [1.29, 1.82) is 0 Å². The maximum absolute atomic E-state index is 12.8. The highest BCUT2D eigenvalue weighted by Gasteiger charge is 2.23. The first kappa shape index (κ1) is 23.7. The second-order valence-corrected chi connectivity index (χ2v) is 7.22. The number of carbonyl (C=O) groups excluding carboxylic acids is 1. The Labute approximate surface area is 154 Å². The summed E-state index contributed by atoms with van der Waals surface area (Å²) in [5.74, 6) is -0.211. The Morgan fingerprint density at radius 3 is 1.68 bits per heavy atom. The minimum absolute atomic E-state index is 0.174. The third-order valence-corrected chi connectivity index (χ3v) is 5.00. The second kappa shape index (κ2) is 13.9. The first-order valence-corrected chi connectivity index (χ1v) is 10.1. The van der Waals surface area contributed by atoms with E-state index < -0.39 is 5.97 Å². The standard InChI is InChI=1S/C21H39NO3/c1-6-10-12-18(8-3)15-22(16-19(9-4)13-11-7-2)21(25)17(5)14-20(23)24/h18-19H,5-16H2,1-4H3,(H,23,24). The Kier molecular flexibility index (Phi) is 13.2.